The van der Waals surface area contributed by atoms with Crippen LogP contribution in [0.3, 0.4) is 0 Å². The Bertz CT molecular complexity index is 434. The van der Waals surface area contributed by atoms with Gasteiger partial charge in [-0.15, -0.1) is 0 Å². The zero-order valence-electron chi connectivity index (χ0n) is 9.20. The third-order valence-electron chi connectivity index (χ3n) is 2.08. The van der Waals surface area contributed by atoms with E-state index in [9.17, 15) is 18.0 Å². The van der Waals surface area contributed by atoms with Crippen molar-refractivity contribution in [1.82, 2.24) is 5.32 Å². The van der Waals surface area contributed by atoms with Gasteiger partial charge < -0.3 is 11.1 Å². The van der Waals surface area contributed by atoms with E-state index in [2.05, 4.69) is 5.32 Å². The molecule has 0 saturated carbocycles. The fraction of sp³-hybridized carbons (Fsp3) is 0.273. The van der Waals surface area contributed by atoms with Crippen molar-refractivity contribution in [2.45, 2.75) is 18.6 Å². The number of hydrogen-bond acceptors (Lipinski definition) is 2. The number of rotatable bonds is 4. The molecule has 0 radical (unpaired) electrons. The van der Waals surface area contributed by atoms with E-state index < -0.39 is 24.5 Å². The number of benzene rings is 1. The van der Waals surface area contributed by atoms with E-state index >= 15 is 0 Å². The zero-order chi connectivity index (χ0) is 13.8. The van der Waals surface area contributed by atoms with Crippen molar-refractivity contribution in [3.63, 3.8) is 0 Å². The van der Waals surface area contributed by atoms with Crippen LogP contribution >= 0.6 is 12.2 Å². The summed E-state index contributed by atoms with van der Waals surface area (Å²) in [6, 6.07) is 7.44. The maximum atomic E-state index is 12.0. The molecule has 1 rings (SSSR count). The molecule has 1 unspecified atom stereocenters. The van der Waals surface area contributed by atoms with Gasteiger partial charge in [-0.05, 0) is 5.56 Å². The molecular weight excluding hydrogens is 265 g/mol. The van der Waals surface area contributed by atoms with Crippen LogP contribution in [0.5, 0.6) is 0 Å². The summed E-state index contributed by atoms with van der Waals surface area (Å²) < 4.78 is 36.1. The molecule has 0 heterocycles. The van der Waals surface area contributed by atoms with Crippen molar-refractivity contribution in [1.29, 1.82) is 0 Å². The predicted molar refractivity (Wildman–Crippen MR) is 64.8 cm³/mol. The van der Waals surface area contributed by atoms with Crippen molar-refractivity contribution in [3.05, 3.63) is 35.9 Å². The van der Waals surface area contributed by atoms with Crippen LogP contribution in [-0.2, 0) is 4.79 Å². The van der Waals surface area contributed by atoms with E-state index in [1.807, 2.05) is 0 Å². The van der Waals surface area contributed by atoms with Crippen molar-refractivity contribution < 1.29 is 18.0 Å². The molecule has 0 fully saturated rings. The lowest BCUT2D eigenvalue weighted by Gasteiger charge is -2.18. The smallest absolute Gasteiger partial charge is 0.391 e. The van der Waals surface area contributed by atoms with E-state index in [1.54, 1.807) is 30.3 Å². The minimum atomic E-state index is -4.55. The average molecular weight is 276 g/mol. The average Bonchev–Trinajstić information content (AvgIpc) is 2.24. The van der Waals surface area contributed by atoms with E-state index in [4.69, 9.17) is 18.0 Å². The topological polar surface area (TPSA) is 55.1 Å². The molecule has 1 amide bonds. The number of alkyl halides is 3. The highest BCUT2D eigenvalue weighted by Gasteiger charge is 2.32. The summed E-state index contributed by atoms with van der Waals surface area (Å²) in [5.74, 6) is -1.16. The molecule has 0 spiro atoms. The lowest BCUT2D eigenvalue weighted by molar-refractivity contribution is -0.154. The molecule has 1 atom stereocenters. The van der Waals surface area contributed by atoms with Crippen LogP contribution in [0.4, 0.5) is 13.2 Å². The molecule has 98 valence electrons. The molecule has 0 saturated heterocycles. The summed E-state index contributed by atoms with van der Waals surface area (Å²) in [5.41, 5.74) is 5.96. The van der Waals surface area contributed by atoms with Gasteiger partial charge in [0.1, 0.15) is 17.5 Å². The second-order valence-corrected chi connectivity index (χ2v) is 4.08. The number of thiocarbonyl (C=S) groups is 1. The van der Waals surface area contributed by atoms with Gasteiger partial charge in [0.25, 0.3) is 0 Å². The van der Waals surface area contributed by atoms with Crippen LogP contribution in [0.25, 0.3) is 0 Å². The Kier molecular flexibility index (Phi) is 4.66. The van der Waals surface area contributed by atoms with E-state index in [0.29, 0.717) is 5.56 Å². The van der Waals surface area contributed by atoms with Gasteiger partial charge >= 0.3 is 6.18 Å². The van der Waals surface area contributed by atoms with Crippen LogP contribution in [0, 0.1) is 0 Å². The highest BCUT2D eigenvalue weighted by Crippen LogP contribution is 2.20. The van der Waals surface area contributed by atoms with Crippen molar-refractivity contribution in [3.8, 4) is 0 Å². The molecule has 3 nitrogen and oxygen atoms in total. The van der Waals surface area contributed by atoms with Gasteiger partial charge in [0.15, 0.2) is 0 Å². The molecule has 0 aliphatic rings. The minimum Gasteiger partial charge on any atom is -0.391 e. The first-order valence-electron chi connectivity index (χ1n) is 5.00. The molecule has 0 bridgehead atoms. The summed E-state index contributed by atoms with van der Waals surface area (Å²) in [7, 11) is 0. The largest absolute Gasteiger partial charge is 0.397 e. The number of nitrogens with one attached hydrogen (secondary N) is 1. The first-order valence-corrected chi connectivity index (χ1v) is 5.41. The summed E-state index contributed by atoms with van der Waals surface area (Å²) in [4.78, 5) is 11.1. The maximum absolute atomic E-state index is 12.0. The summed E-state index contributed by atoms with van der Waals surface area (Å²) in [6.07, 6.45) is -6.11. The summed E-state index contributed by atoms with van der Waals surface area (Å²) in [6.45, 7) is 0. The normalized spacial score (nSPS) is 12.8. The fourth-order valence-corrected chi connectivity index (χ4v) is 1.55. The van der Waals surface area contributed by atoms with Crippen molar-refractivity contribution in [2.24, 2.45) is 5.73 Å². The number of halogens is 3. The van der Waals surface area contributed by atoms with Crippen LogP contribution in [-0.4, -0.2) is 17.1 Å². The first kappa shape index (κ1) is 14.4. The van der Waals surface area contributed by atoms with Gasteiger partial charge in [0.05, 0.1) is 0 Å². The lowest BCUT2D eigenvalue weighted by Crippen LogP contribution is -2.38. The van der Waals surface area contributed by atoms with Crippen LogP contribution in [0.15, 0.2) is 30.3 Å². The number of carbonyl (C=O) groups excluding carboxylic acids is 1. The highest BCUT2D eigenvalue weighted by molar-refractivity contribution is 7.80. The van der Waals surface area contributed by atoms with Gasteiger partial charge in [-0.1, -0.05) is 42.5 Å². The van der Waals surface area contributed by atoms with Crippen LogP contribution in [0.2, 0.25) is 0 Å². The molecule has 3 N–H and O–H groups in total. The van der Waals surface area contributed by atoms with E-state index in [0.717, 1.165) is 0 Å². The molecule has 1 aromatic carbocycles. The number of amides is 1. The van der Waals surface area contributed by atoms with E-state index in [-0.39, 0.29) is 4.99 Å². The number of carbonyl (C=O) groups is 1. The second kappa shape index (κ2) is 5.81. The summed E-state index contributed by atoms with van der Waals surface area (Å²) >= 11 is 4.74. The Morgan fingerprint density at radius 1 is 1.33 bits per heavy atom. The molecular formula is C11H11F3N2OS. The van der Waals surface area contributed by atoms with Gasteiger partial charge in [-0.2, -0.15) is 13.2 Å². The molecule has 7 heteroatoms. The number of nitrogens with two attached hydrogens (primary N) is 1. The fourth-order valence-electron chi connectivity index (χ4n) is 1.36. The standard InChI is InChI=1S/C11H11F3N2OS/c12-11(13,14)6-8(17)16-9(10(15)18)7-4-2-1-3-5-7/h1-5,9H,6H2,(H2,15,18)(H,16,17). The van der Waals surface area contributed by atoms with E-state index in [1.165, 1.54) is 0 Å². The lowest BCUT2D eigenvalue weighted by atomic mass is 10.1. The number of hydrogen-bond donors (Lipinski definition) is 2. The monoisotopic (exact) mass is 276 g/mol. The van der Waals surface area contributed by atoms with Crippen molar-refractivity contribution in [2.75, 3.05) is 0 Å². The van der Waals surface area contributed by atoms with Crippen LogP contribution < -0.4 is 11.1 Å². The second-order valence-electron chi connectivity index (χ2n) is 3.61. The van der Waals surface area contributed by atoms with Gasteiger partial charge in [-0.25, -0.2) is 0 Å². The molecule has 0 aliphatic heterocycles. The van der Waals surface area contributed by atoms with Crippen molar-refractivity contribution >= 4 is 23.1 Å². The molecule has 1 aromatic rings. The maximum Gasteiger partial charge on any atom is 0.397 e. The summed E-state index contributed by atoms with van der Waals surface area (Å²) in [5, 5.41) is 2.16. The zero-order valence-corrected chi connectivity index (χ0v) is 10.0. The Morgan fingerprint density at radius 2 is 1.89 bits per heavy atom. The Balaban J connectivity index is 2.77. The third kappa shape index (κ3) is 4.70. The van der Waals surface area contributed by atoms with Gasteiger partial charge in [-0.3, -0.25) is 4.79 Å². The third-order valence-corrected chi connectivity index (χ3v) is 2.32. The molecule has 0 aromatic heterocycles. The quantitative estimate of drug-likeness (QED) is 0.828. The van der Waals surface area contributed by atoms with Gasteiger partial charge in [0.2, 0.25) is 5.91 Å². The SMILES string of the molecule is NC(=S)C(NC(=O)CC(F)(F)F)c1ccccc1. The molecule has 0 aliphatic carbocycles. The highest BCUT2D eigenvalue weighted by atomic mass is 32.1. The first-order chi connectivity index (χ1) is 8.29. The molecule has 18 heavy (non-hydrogen) atoms. The Labute approximate surface area is 107 Å². The Morgan fingerprint density at radius 3 is 2.33 bits per heavy atom. The Hall–Kier alpha value is -1.63. The predicted octanol–water partition coefficient (Wildman–Crippen LogP) is 2.08. The van der Waals surface area contributed by atoms with Crippen LogP contribution in [0.1, 0.15) is 18.0 Å². The minimum absolute atomic E-state index is 0.0864. The van der Waals surface area contributed by atoms with Gasteiger partial charge in [0, 0.05) is 0 Å².